The van der Waals surface area contributed by atoms with Gasteiger partial charge in [-0.2, -0.15) is 0 Å². The Morgan fingerprint density at radius 1 is 1.07 bits per heavy atom. The van der Waals surface area contributed by atoms with Gasteiger partial charge in [0.05, 0.1) is 4.88 Å². The molecule has 0 radical (unpaired) electrons. The number of likely N-dealkylation sites (tertiary alicyclic amines) is 1. The molecular formula is C19H17N3O4S. The van der Waals surface area contributed by atoms with Crippen molar-refractivity contribution in [1.82, 2.24) is 4.90 Å². The Labute approximate surface area is 159 Å². The Morgan fingerprint density at radius 2 is 1.85 bits per heavy atom. The normalized spacial score (nSPS) is 16.0. The number of imide groups is 1. The monoisotopic (exact) mass is 383 g/mol. The highest BCUT2D eigenvalue weighted by Crippen LogP contribution is 2.32. The number of hydrogen-bond donors (Lipinski definition) is 1. The maximum atomic E-state index is 12.7. The Balaban J connectivity index is 1.48. The summed E-state index contributed by atoms with van der Waals surface area (Å²) in [6.07, 6.45) is 1.08. The van der Waals surface area contributed by atoms with E-state index in [0.717, 1.165) is 22.6 Å². The SMILES string of the molecule is O=C(CN1C(=O)CCC1=O)Nc1ccc2c(c1)N(C(=O)c1cccs1)CC2. The second kappa shape index (κ2) is 6.96. The summed E-state index contributed by atoms with van der Waals surface area (Å²) in [5.74, 6) is -1.14. The number of hydrogen-bond acceptors (Lipinski definition) is 5. The van der Waals surface area contributed by atoms with Crippen LogP contribution in [-0.2, 0) is 20.8 Å². The number of rotatable bonds is 4. The van der Waals surface area contributed by atoms with Crippen LogP contribution < -0.4 is 10.2 Å². The van der Waals surface area contributed by atoms with Crippen LogP contribution in [0.5, 0.6) is 0 Å². The van der Waals surface area contributed by atoms with Gasteiger partial charge in [-0.25, -0.2) is 0 Å². The fourth-order valence-corrected chi connectivity index (χ4v) is 4.02. The lowest BCUT2D eigenvalue weighted by atomic mass is 10.1. The number of carbonyl (C=O) groups is 4. The van der Waals surface area contributed by atoms with E-state index in [-0.39, 0.29) is 37.1 Å². The molecule has 2 aliphatic rings. The molecule has 8 heteroatoms. The van der Waals surface area contributed by atoms with Crippen LogP contribution in [0.3, 0.4) is 0 Å². The number of anilines is 2. The average Bonchev–Trinajstić information content (AvgIpc) is 3.38. The lowest BCUT2D eigenvalue weighted by Gasteiger charge is -2.18. The van der Waals surface area contributed by atoms with Crippen LogP contribution in [-0.4, -0.2) is 41.6 Å². The molecule has 3 heterocycles. The van der Waals surface area contributed by atoms with E-state index in [9.17, 15) is 19.2 Å². The summed E-state index contributed by atoms with van der Waals surface area (Å²) in [7, 11) is 0. The second-order valence-electron chi connectivity index (χ2n) is 6.45. The first-order valence-corrected chi connectivity index (χ1v) is 9.52. The van der Waals surface area contributed by atoms with E-state index in [0.29, 0.717) is 17.1 Å². The van der Waals surface area contributed by atoms with E-state index < -0.39 is 5.91 Å². The van der Waals surface area contributed by atoms with Crippen molar-refractivity contribution < 1.29 is 19.2 Å². The second-order valence-corrected chi connectivity index (χ2v) is 7.40. The van der Waals surface area contributed by atoms with E-state index in [1.54, 1.807) is 23.1 Å². The Morgan fingerprint density at radius 3 is 2.56 bits per heavy atom. The lowest BCUT2D eigenvalue weighted by molar-refractivity contribution is -0.141. The third-order valence-electron chi connectivity index (χ3n) is 4.70. The van der Waals surface area contributed by atoms with Crippen LogP contribution in [0.1, 0.15) is 28.1 Å². The van der Waals surface area contributed by atoms with Gasteiger partial charge in [0, 0.05) is 30.8 Å². The van der Waals surface area contributed by atoms with Crippen molar-refractivity contribution in [1.29, 1.82) is 0 Å². The average molecular weight is 383 g/mol. The molecule has 1 saturated heterocycles. The van der Waals surface area contributed by atoms with Crippen LogP contribution in [0.25, 0.3) is 0 Å². The third kappa shape index (κ3) is 3.35. The van der Waals surface area contributed by atoms with E-state index in [2.05, 4.69) is 5.32 Å². The molecule has 2 aromatic rings. The number of nitrogens with zero attached hydrogens (tertiary/aromatic N) is 2. The number of benzene rings is 1. The van der Waals surface area contributed by atoms with Gasteiger partial charge in [-0.1, -0.05) is 12.1 Å². The first-order valence-electron chi connectivity index (χ1n) is 8.64. The zero-order valence-corrected chi connectivity index (χ0v) is 15.3. The summed E-state index contributed by atoms with van der Waals surface area (Å²) < 4.78 is 0. The molecule has 7 nitrogen and oxygen atoms in total. The van der Waals surface area contributed by atoms with Gasteiger partial charge < -0.3 is 10.2 Å². The molecule has 4 amide bonds. The van der Waals surface area contributed by atoms with Crippen LogP contribution in [0, 0.1) is 0 Å². The quantitative estimate of drug-likeness (QED) is 0.819. The highest BCUT2D eigenvalue weighted by Gasteiger charge is 2.31. The van der Waals surface area contributed by atoms with Gasteiger partial charge in [0.15, 0.2) is 0 Å². The van der Waals surface area contributed by atoms with Gasteiger partial charge in [-0.15, -0.1) is 11.3 Å². The van der Waals surface area contributed by atoms with Gasteiger partial charge >= 0.3 is 0 Å². The number of amides is 4. The fraction of sp³-hybridized carbons (Fsp3) is 0.263. The first-order chi connectivity index (χ1) is 13.0. The number of thiophene rings is 1. The molecule has 1 N–H and O–H groups in total. The van der Waals surface area contributed by atoms with Crippen molar-refractivity contribution in [3.63, 3.8) is 0 Å². The maximum Gasteiger partial charge on any atom is 0.268 e. The molecule has 0 aliphatic carbocycles. The minimum absolute atomic E-state index is 0.0551. The minimum Gasteiger partial charge on any atom is -0.324 e. The molecular weight excluding hydrogens is 366 g/mol. The fourth-order valence-electron chi connectivity index (χ4n) is 3.34. The van der Waals surface area contributed by atoms with Gasteiger partial charge in [0.2, 0.25) is 17.7 Å². The molecule has 4 rings (SSSR count). The van der Waals surface area contributed by atoms with Crippen LogP contribution in [0.2, 0.25) is 0 Å². The Kier molecular flexibility index (Phi) is 4.49. The topological polar surface area (TPSA) is 86.8 Å². The standard InChI is InChI=1S/C19H17N3O4S/c23-16(11-22-17(24)5-6-18(22)25)20-13-4-3-12-7-8-21(14(12)10-13)19(26)15-2-1-9-27-15/h1-4,9-10H,5-8,11H2,(H,20,23). The summed E-state index contributed by atoms with van der Waals surface area (Å²) in [5.41, 5.74) is 2.35. The van der Waals surface area contributed by atoms with Crippen molar-refractivity contribution in [3.05, 3.63) is 46.2 Å². The molecule has 2 aliphatic heterocycles. The van der Waals surface area contributed by atoms with Crippen molar-refractivity contribution >= 4 is 46.3 Å². The van der Waals surface area contributed by atoms with Crippen molar-refractivity contribution in [2.24, 2.45) is 0 Å². The lowest BCUT2D eigenvalue weighted by Crippen LogP contribution is -2.36. The molecule has 0 atom stereocenters. The molecule has 0 unspecified atom stereocenters. The minimum atomic E-state index is -0.437. The number of nitrogens with one attached hydrogen (secondary N) is 1. The highest BCUT2D eigenvalue weighted by molar-refractivity contribution is 7.12. The Hall–Kier alpha value is -3.00. The molecule has 1 aromatic carbocycles. The van der Waals surface area contributed by atoms with Gasteiger partial charge in [-0.05, 0) is 35.6 Å². The predicted octanol–water partition coefficient (Wildman–Crippen LogP) is 2.04. The zero-order chi connectivity index (χ0) is 19.0. The summed E-state index contributed by atoms with van der Waals surface area (Å²) in [6.45, 7) is 0.312. The van der Waals surface area contributed by atoms with E-state index >= 15 is 0 Å². The molecule has 1 aromatic heterocycles. The number of fused-ring (bicyclic) bond motifs is 1. The third-order valence-corrected chi connectivity index (χ3v) is 5.56. The van der Waals surface area contributed by atoms with Crippen LogP contribution in [0.15, 0.2) is 35.7 Å². The van der Waals surface area contributed by atoms with Gasteiger partial charge in [0.1, 0.15) is 6.54 Å². The van der Waals surface area contributed by atoms with Crippen LogP contribution >= 0.6 is 11.3 Å². The van der Waals surface area contributed by atoms with Crippen molar-refractivity contribution in [3.8, 4) is 0 Å². The molecule has 0 spiro atoms. The number of carbonyl (C=O) groups excluding carboxylic acids is 4. The smallest absolute Gasteiger partial charge is 0.268 e. The van der Waals surface area contributed by atoms with E-state index in [1.165, 1.54) is 11.3 Å². The summed E-state index contributed by atoms with van der Waals surface area (Å²) in [6, 6.07) is 9.05. The van der Waals surface area contributed by atoms with E-state index in [1.807, 2.05) is 17.5 Å². The first kappa shape index (κ1) is 17.4. The van der Waals surface area contributed by atoms with Gasteiger partial charge in [-0.3, -0.25) is 24.1 Å². The molecule has 138 valence electrons. The Bertz CT molecular complexity index is 922. The maximum absolute atomic E-state index is 12.7. The summed E-state index contributed by atoms with van der Waals surface area (Å²) in [4.78, 5) is 51.5. The van der Waals surface area contributed by atoms with E-state index in [4.69, 9.17) is 0 Å². The molecule has 0 bridgehead atoms. The predicted molar refractivity (Wildman–Crippen MR) is 101 cm³/mol. The zero-order valence-electron chi connectivity index (χ0n) is 14.4. The largest absolute Gasteiger partial charge is 0.324 e. The molecule has 27 heavy (non-hydrogen) atoms. The van der Waals surface area contributed by atoms with Crippen molar-refractivity contribution in [2.45, 2.75) is 19.3 Å². The summed E-state index contributed by atoms with van der Waals surface area (Å²) in [5, 5.41) is 4.58. The highest BCUT2D eigenvalue weighted by atomic mass is 32.1. The molecule has 0 saturated carbocycles. The van der Waals surface area contributed by atoms with Gasteiger partial charge in [0.25, 0.3) is 5.91 Å². The molecule has 1 fully saturated rings. The summed E-state index contributed by atoms with van der Waals surface area (Å²) >= 11 is 1.40. The van der Waals surface area contributed by atoms with Crippen LogP contribution in [0.4, 0.5) is 11.4 Å². The van der Waals surface area contributed by atoms with Crippen molar-refractivity contribution in [2.75, 3.05) is 23.3 Å².